The summed E-state index contributed by atoms with van der Waals surface area (Å²) in [4.78, 5) is 25.0. The van der Waals surface area contributed by atoms with Gasteiger partial charge in [-0.25, -0.2) is 4.79 Å². The van der Waals surface area contributed by atoms with Crippen LogP contribution in [0.1, 0.15) is 40.5 Å². The van der Waals surface area contributed by atoms with Crippen LogP contribution in [0.15, 0.2) is 0 Å². The summed E-state index contributed by atoms with van der Waals surface area (Å²) in [6.07, 6.45) is 0.112. The number of nitrogens with zero attached hydrogens (tertiary/aromatic N) is 1. The molecule has 0 spiro atoms. The first-order chi connectivity index (χ1) is 8.70. The van der Waals surface area contributed by atoms with Crippen molar-refractivity contribution >= 4 is 11.9 Å². The molecule has 0 saturated heterocycles. The SMILES string of the molecule is CC[C@H](C)[C@@H](C(=O)O[C@@H](CC(C)C)C(=O)O)N(C)C. The van der Waals surface area contributed by atoms with Gasteiger partial charge in [0.05, 0.1) is 0 Å². The van der Waals surface area contributed by atoms with E-state index in [0.29, 0.717) is 6.42 Å². The van der Waals surface area contributed by atoms with Gasteiger partial charge in [0.1, 0.15) is 6.04 Å². The van der Waals surface area contributed by atoms with E-state index in [2.05, 4.69) is 0 Å². The van der Waals surface area contributed by atoms with E-state index >= 15 is 0 Å². The third kappa shape index (κ3) is 6.05. The van der Waals surface area contributed by atoms with Crippen LogP contribution in [0, 0.1) is 11.8 Å². The van der Waals surface area contributed by atoms with Crippen molar-refractivity contribution in [3.8, 4) is 0 Å². The molecule has 0 aromatic heterocycles. The highest BCUT2D eigenvalue weighted by Crippen LogP contribution is 2.17. The van der Waals surface area contributed by atoms with E-state index in [1.54, 1.807) is 19.0 Å². The molecule has 19 heavy (non-hydrogen) atoms. The van der Waals surface area contributed by atoms with Crippen LogP contribution in [-0.2, 0) is 14.3 Å². The van der Waals surface area contributed by atoms with Crippen molar-refractivity contribution in [3.63, 3.8) is 0 Å². The van der Waals surface area contributed by atoms with Crippen molar-refractivity contribution in [3.05, 3.63) is 0 Å². The summed E-state index contributed by atoms with van der Waals surface area (Å²) in [6, 6.07) is -0.404. The number of esters is 1. The van der Waals surface area contributed by atoms with Gasteiger partial charge >= 0.3 is 11.9 Å². The molecule has 5 heteroatoms. The summed E-state index contributed by atoms with van der Waals surface area (Å²) >= 11 is 0. The molecular weight excluding hydrogens is 246 g/mol. The van der Waals surface area contributed by atoms with Crippen molar-refractivity contribution in [2.45, 2.75) is 52.7 Å². The van der Waals surface area contributed by atoms with Crippen LogP contribution < -0.4 is 0 Å². The zero-order valence-electron chi connectivity index (χ0n) is 12.8. The second-order valence-corrected chi connectivity index (χ2v) is 5.69. The predicted octanol–water partition coefficient (Wildman–Crippen LogP) is 2.01. The highest BCUT2D eigenvalue weighted by atomic mass is 16.6. The van der Waals surface area contributed by atoms with Crippen LogP contribution in [0.5, 0.6) is 0 Å². The largest absolute Gasteiger partial charge is 0.479 e. The van der Waals surface area contributed by atoms with E-state index < -0.39 is 24.1 Å². The highest BCUT2D eigenvalue weighted by Gasteiger charge is 2.32. The Morgan fingerprint density at radius 3 is 2.05 bits per heavy atom. The Morgan fingerprint density at radius 2 is 1.74 bits per heavy atom. The van der Waals surface area contributed by atoms with Crippen LogP contribution in [0.25, 0.3) is 0 Å². The van der Waals surface area contributed by atoms with E-state index in [1.165, 1.54) is 0 Å². The lowest BCUT2D eigenvalue weighted by atomic mass is 9.98. The quantitative estimate of drug-likeness (QED) is 0.685. The average molecular weight is 273 g/mol. The molecule has 0 aliphatic carbocycles. The van der Waals surface area contributed by atoms with Gasteiger partial charge in [-0.3, -0.25) is 9.69 Å². The van der Waals surface area contributed by atoms with Gasteiger partial charge in [0.15, 0.2) is 6.10 Å². The van der Waals surface area contributed by atoms with Gasteiger partial charge < -0.3 is 9.84 Å². The van der Waals surface area contributed by atoms with Crippen LogP contribution >= 0.6 is 0 Å². The molecule has 0 bridgehead atoms. The number of rotatable bonds is 8. The molecule has 0 heterocycles. The lowest BCUT2D eigenvalue weighted by Crippen LogP contribution is -2.44. The van der Waals surface area contributed by atoms with Gasteiger partial charge in [-0.15, -0.1) is 0 Å². The number of carbonyl (C=O) groups excluding carboxylic acids is 1. The van der Waals surface area contributed by atoms with E-state index in [-0.39, 0.29) is 11.8 Å². The first kappa shape index (κ1) is 17.9. The normalized spacial score (nSPS) is 16.2. The van der Waals surface area contributed by atoms with Gasteiger partial charge in [-0.2, -0.15) is 0 Å². The van der Waals surface area contributed by atoms with Gasteiger partial charge in [-0.05, 0) is 32.4 Å². The molecule has 0 aromatic rings. The van der Waals surface area contributed by atoms with Gasteiger partial charge in [-0.1, -0.05) is 34.1 Å². The molecule has 5 nitrogen and oxygen atoms in total. The summed E-state index contributed by atoms with van der Waals surface area (Å²) in [5.41, 5.74) is 0. The van der Waals surface area contributed by atoms with E-state index in [1.807, 2.05) is 27.7 Å². The second-order valence-electron chi connectivity index (χ2n) is 5.69. The first-order valence-electron chi connectivity index (χ1n) is 6.80. The topological polar surface area (TPSA) is 66.8 Å². The fourth-order valence-electron chi connectivity index (χ4n) is 2.01. The fraction of sp³-hybridized carbons (Fsp3) is 0.857. The predicted molar refractivity (Wildman–Crippen MR) is 73.9 cm³/mol. The third-order valence-corrected chi connectivity index (χ3v) is 3.20. The van der Waals surface area contributed by atoms with E-state index in [4.69, 9.17) is 9.84 Å². The minimum atomic E-state index is -1.08. The van der Waals surface area contributed by atoms with Gasteiger partial charge in [0, 0.05) is 0 Å². The fourth-order valence-corrected chi connectivity index (χ4v) is 2.01. The molecule has 0 unspecified atom stereocenters. The molecule has 0 rings (SSSR count). The zero-order valence-corrected chi connectivity index (χ0v) is 12.8. The third-order valence-electron chi connectivity index (χ3n) is 3.20. The maximum atomic E-state index is 12.2. The van der Waals surface area contributed by atoms with Crippen LogP contribution in [0.3, 0.4) is 0 Å². The number of hydrogen-bond donors (Lipinski definition) is 1. The molecule has 0 fully saturated rings. The van der Waals surface area contributed by atoms with Gasteiger partial charge in [0.25, 0.3) is 0 Å². The molecule has 0 aliphatic rings. The molecule has 112 valence electrons. The van der Waals surface area contributed by atoms with E-state index in [0.717, 1.165) is 6.42 Å². The number of aliphatic carboxylic acids is 1. The minimum Gasteiger partial charge on any atom is -0.479 e. The van der Waals surface area contributed by atoms with Crippen molar-refractivity contribution < 1.29 is 19.4 Å². The maximum absolute atomic E-state index is 12.2. The number of likely N-dealkylation sites (N-methyl/N-ethyl adjacent to an activating group) is 1. The summed E-state index contributed by atoms with van der Waals surface area (Å²) in [5.74, 6) is -1.25. The maximum Gasteiger partial charge on any atom is 0.345 e. The number of carboxylic acid groups (broad SMARTS) is 1. The zero-order chi connectivity index (χ0) is 15.2. The van der Waals surface area contributed by atoms with Crippen LogP contribution in [-0.4, -0.2) is 48.2 Å². The first-order valence-corrected chi connectivity index (χ1v) is 6.80. The average Bonchev–Trinajstić information content (AvgIpc) is 2.26. The van der Waals surface area contributed by atoms with Crippen molar-refractivity contribution in [2.24, 2.45) is 11.8 Å². The molecule has 0 radical (unpaired) electrons. The molecular formula is C14H27NO4. The number of carbonyl (C=O) groups is 2. The molecule has 0 aromatic carbocycles. The lowest BCUT2D eigenvalue weighted by molar-refractivity contribution is -0.169. The molecule has 0 aliphatic heterocycles. The second kappa shape index (κ2) is 8.15. The summed E-state index contributed by atoms with van der Waals surface area (Å²) in [7, 11) is 3.60. The highest BCUT2D eigenvalue weighted by molar-refractivity contribution is 5.81. The Bertz CT molecular complexity index is 302. The lowest BCUT2D eigenvalue weighted by Gasteiger charge is -2.29. The number of carboxylic acids is 1. The molecule has 0 saturated carbocycles. The van der Waals surface area contributed by atoms with Gasteiger partial charge in [0.2, 0.25) is 0 Å². The molecule has 0 amide bonds. The van der Waals surface area contributed by atoms with Crippen LogP contribution in [0.4, 0.5) is 0 Å². The van der Waals surface area contributed by atoms with E-state index in [9.17, 15) is 9.59 Å². The molecule has 1 N–H and O–H groups in total. The molecule has 3 atom stereocenters. The number of ether oxygens (including phenoxy) is 1. The number of hydrogen-bond acceptors (Lipinski definition) is 4. The van der Waals surface area contributed by atoms with Crippen molar-refractivity contribution in [1.29, 1.82) is 0 Å². The van der Waals surface area contributed by atoms with Crippen LogP contribution in [0.2, 0.25) is 0 Å². The Balaban J connectivity index is 4.81. The smallest absolute Gasteiger partial charge is 0.345 e. The van der Waals surface area contributed by atoms with Crippen molar-refractivity contribution in [2.75, 3.05) is 14.1 Å². The minimum absolute atomic E-state index is 0.121. The summed E-state index contributed by atoms with van der Waals surface area (Å²) in [5, 5.41) is 9.10. The summed E-state index contributed by atoms with van der Waals surface area (Å²) < 4.78 is 5.19. The Hall–Kier alpha value is -1.10. The Morgan fingerprint density at radius 1 is 1.21 bits per heavy atom. The Labute approximate surface area is 115 Å². The Kier molecular flexibility index (Phi) is 7.68. The van der Waals surface area contributed by atoms with Crippen molar-refractivity contribution in [1.82, 2.24) is 4.90 Å². The summed E-state index contributed by atoms with van der Waals surface area (Å²) in [6.45, 7) is 7.77. The standard InChI is InChI=1S/C14H27NO4/c1-7-10(4)12(15(5)6)14(18)19-11(13(16)17)8-9(2)3/h9-12H,7-8H2,1-6H3,(H,16,17)/t10-,11-,12-/m0/s1. The monoisotopic (exact) mass is 273 g/mol.